The lowest BCUT2D eigenvalue weighted by atomic mass is 10.1. The van der Waals surface area contributed by atoms with Crippen LogP contribution in [0, 0.1) is 11.6 Å². The van der Waals surface area contributed by atoms with E-state index >= 15 is 0 Å². The molecule has 1 aliphatic rings. The fourth-order valence-corrected chi connectivity index (χ4v) is 3.97. The van der Waals surface area contributed by atoms with Gasteiger partial charge in [-0.2, -0.15) is 13.2 Å². The van der Waals surface area contributed by atoms with Crippen molar-refractivity contribution in [2.45, 2.75) is 12.2 Å². The van der Waals surface area contributed by atoms with Crippen LogP contribution in [-0.4, -0.2) is 62.2 Å². The maximum atomic E-state index is 14.5. The molecular formula is C20H14ClF5N6O4. The number of amides is 4. The molecule has 1 fully saturated rings. The van der Waals surface area contributed by atoms with Crippen LogP contribution < -0.4 is 9.80 Å². The first-order valence-electron chi connectivity index (χ1n) is 9.88. The van der Waals surface area contributed by atoms with Gasteiger partial charge in [-0.15, -0.1) is 0 Å². The van der Waals surface area contributed by atoms with Gasteiger partial charge in [-0.05, 0) is 18.2 Å². The number of aryl methyl sites for hydroxylation is 1. The highest BCUT2D eigenvalue weighted by Crippen LogP contribution is 2.38. The summed E-state index contributed by atoms with van der Waals surface area (Å²) in [5.41, 5.74) is -2.58. The van der Waals surface area contributed by atoms with E-state index in [9.17, 15) is 41.4 Å². The van der Waals surface area contributed by atoms with Crippen molar-refractivity contribution in [2.75, 3.05) is 23.4 Å². The molecule has 16 heteroatoms. The van der Waals surface area contributed by atoms with Gasteiger partial charge in [0.15, 0.2) is 11.5 Å². The molecule has 0 spiro atoms. The first-order chi connectivity index (χ1) is 16.7. The van der Waals surface area contributed by atoms with Gasteiger partial charge in [-0.3, -0.25) is 9.69 Å². The fraction of sp³-hybridized carbons (Fsp3) is 0.250. The molecule has 2 aromatic heterocycles. The lowest BCUT2D eigenvalue weighted by Gasteiger charge is -2.27. The van der Waals surface area contributed by atoms with Crippen molar-refractivity contribution in [3.63, 3.8) is 0 Å². The van der Waals surface area contributed by atoms with E-state index in [-0.39, 0.29) is 4.90 Å². The van der Waals surface area contributed by atoms with Crippen LogP contribution in [0.2, 0.25) is 5.02 Å². The van der Waals surface area contributed by atoms with E-state index < -0.39 is 81.7 Å². The Bertz CT molecular complexity index is 1430. The number of carbonyl (C=O) groups is 3. The SMILES string of the molecule is CN(C(=O)[C@@H]1CN(C(=O)O)C(=O)N1c1cc(C(F)(F)F)c2c(ncn2C)n1)c1ccc(F)c(Cl)c1F. The molecule has 0 aliphatic carbocycles. The summed E-state index contributed by atoms with van der Waals surface area (Å²) in [5.74, 6) is -4.23. The molecule has 1 aromatic carbocycles. The van der Waals surface area contributed by atoms with E-state index in [4.69, 9.17) is 11.6 Å². The van der Waals surface area contributed by atoms with Crippen molar-refractivity contribution in [3.8, 4) is 0 Å². The lowest BCUT2D eigenvalue weighted by Crippen LogP contribution is -2.47. The van der Waals surface area contributed by atoms with Crippen LogP contribution >= 0.6 is 11.6 Å². The van der Waals surface area contributed by atoms with Gasteiger partial charge in [0.2, 0.25) is 0 Å². The lowest BCUT2D eigenvalue weighted by molar-refractivity contribution is -0.136. The first kappa shape index (κ1) is 25.1. The number of imide groups is 1. The summed E-state index contributed by atoms with van der Waals surface area (Å²) < 4.78 is 70.6. The summed E-state index contributed by atoms with van der Waals surface area (Å²) in [6.07, 6.45) is -5.65. The Morgan fingerprint density at radius 2 is 1.92 bits per heavy atom. The van der Waals surface area contributed by atoms with Gasteiger partial charge in [0.25, 0.3) is 5.91 Å². The number of anilines is 2. The van der Waals surface area contributed by atoms with Crippen LogP contribution in [0.1, 0.15) is 5.56 Å². The van der Waals surface area contributed by atoms with E-state index in [2.05, 4.69) is 9.97 Å². The Morgan fingerprint density at radius 1 is 1.25 bits per heavy atom. The van der Waals surface area contributed by atoms with Gasteiger partial charge in [-0.25, -0.2) is 33.2 Å². The van der Waals surface area contributed by atoms with Crippen molar-refractivity contribution in [3.05, 3.63) is 46.7 Å². The highest BCUT2D eigenvalue weighted by Gasteiger charge is 2.48. The number of aromatic nitrogens is 3. The van der Waals surface area contributed by atoms with Gasteiger partial charge in [0.05, 0.1) is 29.6 Å². The van der Waals surface area contributed by atoms with E-state index in [1.807, 2.05) is 0 Å². The summed E-state index contributed by atoms with van der Waals surface area (Å²) in [4.78, 5) is 46.8. The quantitative estimate of drug-likeness (QED) is 0.405. The molecular weight excluding hydrogens is 519 g/mol. The predicted molar refractivity (Wildman–Crippen MR) is 115 cm³/mol. The number of rotatable bonds is 3. The summed E-state index contributed by atoms with van der Waals surface area (Å²) in [5, 5.41) is 8.47. The second kappa shape index (κ2) is 8.58. The first-order valence-corrected chi connectivity index (χ1v) is 10.3. The van der Waals surface area contributed by atoms with E-state index in [0.717, 1.165) is 30.1 Å². The highest BCUT2D eigenvalue weighted by atomic mass is 35.5. The third-order valence-corrected chi connectivity index (χ3v) is 5.89. The number of carboxylic acid groups (broad SMARTS) is 1. The monoisotopic (exact) mass is 532 g/mol. The molecule has 3 aromatic rings. The third kappa shape index (κ3) is 3.94. The second-order valence-corrected chi connectivity index (χ2v) is 8.08. The number of hydrogen-bond acceptors (Lipinski definition) is 5. The number of likely N-dealkylation sites (N-methyl/N-ethyl adjacent to an activating group) is 1. The molecule has 0 bridgehead atoms. The molecule has 1 saturated heterocycles. The van der Waals surface area contributed by atoms with E-state index in [1.165, 1.54) is 7.05 Å². The Labute approximate surface area is 203 Å². The van der Waals surface area contributed by atoms with Crippen molar-refractivity contribution in [1.29, 1.82) is 0 Å². The van der Waals surface area contributed by atoms with Crippen molar-refractivity contribution >= 4 is 52.3 Å². The number of pyridine rings is 1. The van der Waals surface area contributed by atoms with Crippen LogP contribution in [0.4, 0.5) is 43.0 Å². The largest absolute Gasteiger partial charge is 0.465 e. The standard InChI is InChI=1S/C20H14ClF5N6O4/c1-29-7-27-16-15(29)8(20(24,25)26)5-12(28-16)32-11(6-31(18(32)34)19(35)36)17(33)30(2)10-4-3-9(22)13(21)14(10)23/h3-5,7,11H,6H2,1-2H3,(H,35,36)/t11-/m0/s1. The number of imidazole rings is 1. The molecule has 1 aliphatic heterocycles. The zero-order valence-electron chi connectivity index (χ0n) is 18.2. The maximum Gasteiger partial charge on any atom is 0.418 e. The summed E-state index contributed by atoms with van der Waals surface area (Å²) in [6, 6.07) is -0.968. The van der Waals surface area contributed by atoms with Crippen LogP contribution in [0.5, 0.6) is 0 Å². The van der Waals surface area contributed by atoms with Gasteiger partial charge in [-0.1, -0.05) is 11.6 Å². The van der Waals surface area contributed by atoms with Crippen LogP contribution in [0.15, 0.2) is 24.5 Å². The van der Waals surface area contributed by atoms with Gasteiger partial charge >= 0.3 is 18.3 Å². The van der Waals surface area contributed by atoms with Crippen molar-refractivity contribution < 1.29 is 41.4 Å². The number of fused-ring (bicyclic) bond motifs is 1. The highest BCUT2D eigenvalue weighted by molar-refractivity contribution is 6.31. The van der Waals surface area contributed by atoms with Gasteiger partial charge < -0.3 is 14.6 Å². The zero-order valence-corrected chi connectivity index (χ0v) is 19.0. The normalized spacial score (nSPS) is 16.2. The molecule has 4 rings (SSSR count). The third-order valence-electron chi connectivity index (χ3n) is 5.55. The number of hydrogen-bond donors (Lipinski definition) is 1. The number of alkyl halides is 3. The fourth-order valence-electron chi connectivity index (χ4n) is 3.81. The molecule has 3 heterocycles. The number of halogens is 6. The molecule has 1 atom stereocenters. The van der Waals surface area contributed by atoms with Crippen molar-refractivity contribution in [2.24, 2.45) is 7.05 Å². The van der Waals surface area contributed by atoms with Crippen LogP contribution in [-0.2, 0) is 18.0 Å². The number of nitrogens with zero attached hydrogens (tertiary/aromatic N) is 6. The number of carbonyl (C=O) groups excluding carboxylic acids is 2. The summed E-state index contributed by atoms with van der Waals surface area (Å²) in [6.45, 7) is -0.808. The Hall–Kier alpha value is -4.01. The topological polar surface area (TPSA) is 112 Å². The molecule has 0 saturated carbocycles. The molecule has 1 N–H and O–H groups in total. The number of urea groups is 1. The molecule has 190 valence electrons. The molecule has 10 nitrogen and oxygen atoms in total. The molecule has 0 unspecified atom stereocenters. The number of benzene rings is 1. The maximum absolute atomic E-state index is 14.5. The summed E-state index contributed by atoms with van der Waals surface area (Å²) >= 11 is 5.56. The molecule has 0 radical (unpaired) electrons. The Balaban J connectivity index is 1.85. The van der Waals surface area contributed by atoms with E-state index in [0.29, 0.717) is 15.9 Å². The van der Waals surface area contributed by atoms with Gasteiger partial charge in [0, 0.05) is 14.1 Å². The van der Waals surface area contributed by atoms with Crippen LogP contribution in [0.25, 0.3) is 11.2 Å². The minimum atomic E-state index is -4.93. The average molecular weight is 533 g/mol. The van der Waals surface area contributed by atoms with Crippen LogP contribution in [0.3, 0.4) is 0 Å². The smallest absolute Gasteiger partial charge is 0.418 e. The molecule has 36 heavy (non-hydrogen) atoms. The zero-order chi connectivity index (χ0) is 26.7. The minimum Gasteiger partial charge on any atom is -0.465 e. The van der Waals surface area contributed by atoms with Gasteiger partial charge in [0.1, 0.15) is 22.7 Å². The average Bonchev–Trinajstić information content (AvgIpc) is 3.35. The summed E-state index contributed by atoms with van der Waals surface area (Å²) in [7, 11) is 2.33. The Kier molecular flexibility index (Phi) is 5.98. The Morgan fingerprint density at radius 3 is 2.53 bits per heavy atom. The minimum absolute atomic E-state index is 0.196. The molecule has 4 amide bonds. The van der Waals surface area contributed by atoms with E-state index in [1.54, 1.807) is 0 Å². The predicted octanol–water partition coefficient (Wildman–Crippen LogP) is 3.87. The second-order valence-electron chi connectivity index (χ2n) is 7.71. The van der Waals surface area contributed by atoms with Crippen molar-refractivity contribution in [1.82, 2.24) is 19.4 Å².